The molecule has 19 heavy (non-hydrogen) atoms. The van der Waals surface area contributed by atoms with Gasteiger partial charge in [-0.1, -0.05) is 25.5 Å². The zero-order valence-electron chi connectivity index (χ0n) is 11.6. The molecule has 1 aromatic carbocycles. The van der Waals surface area contributed by atoms with Crippen LogP contribution in [0.15, 0.2) is 41.3 Å². The second-order valence-corrected chi connectivity index (χ2v) is 6.35. The first-order valence-corrected chi connectivity index (χ1v) is 7.92. The predicted octanol–water partition coefficient (Wildman–Crippen LogP) is 2.75. The Labute approximate surface area is 116 Å². The summed E-state index contributed by atoms with van der Waals surface area (Å²) in [6.07, 6.45) is 1.81. The summed E-state index contributed by atoms with van der Waals surface area (Å²) in [7, 11) is -3.38. The molecule has 0 radical (unpaired) electrons. The second kappa shape index (κ2) is 7.31. The van der Waals surface area contributed by atoms with Crippen molar-refractivity contribution < 1.29 is 8.42 Å². The van der Waals surface area contributed by atoms with Crippen molar-refractivity contribution in [2.45, 2.75) is 31.6 Å². The summed E-state index contributed by atoms with van der Waals surface area (Å²) in [5.74, 6) is 0. The lowest BCUT2D eigenvalue weighted by Crippen LogP contribution is -2.24. The van der Waals surface area contributed by atoms with E-state index in [1.54, 1.807) is 24.3 Å². The molecule has 1 aromatic rings. The average Bonchev–Trinajstić information content (AvgIpc) is 2.37. The maximum atomic E-state index is 11.9. The van der Waals surface area contributed by atoms with E-state index in [2.05, 4.69) is 16.6 Å². The highest BCUT2D eigenvalue weighted by Gasteiger charge is 2.12. The van der Waals surface area contributed by atoms with E-state index in [0.29, 0.717) is 18.0 Å². The lowest BCUT2D eigenvalue weighted by Gasteiger charge is -2.08. The van der Waals surface area contributed by atoms with Crippen LogP contribution >= 0.6 is 0 Å². The molecule has 0 saturated carbocycles. The zero-order valence-corrected chi connectivity index (χ0v) is 12.4. The summed E-state index contributed by atoms with van der Waals surface area (Å²) in [6, 6.07) is 6.73. The maximum absolute atomic E-state index is 11.9. The molecule has 0 bridgehead atoms. The minimum Gasteiger partial charge on any atom is -0.381 e. The van der Waals surface area contributed by atoms with Gasteiger partial charge in [-0.3, -0.25) is 0 Å². The smallest absolute Gasteiger partial charge is 0.240 e. The molecule has 0 aromatic heterocycles. The van der Waals surface area contributed by atoms with Crippen molar-refractivity contribution in [3.8, 4) is 0 Å². The summed E-state index contributed by atoms with van der Waals surface area (Å²) >= 11 is 0. The predicted molar refractivity (Wildman–Crippen MR) is 79.8 cm³/mol. The van der Waals surface area contributed by atoms with E-state index in [1.807, 2.05) is 13.8 Å². The van der Waals surface area contributed by atoms with Gasteiger partial charge in [0.15, 0.2) is 0 Å². The zero-order chi connectivity index (χ0) is 14.3. The number of anilines is 1. The van der Waals surface area contributed by atoms with Crippen LogP contribution in [0.5, 0.6) is 0 Å². The van der Waals surface area contributed by atoms with Crippen LogP contribution in [0.1, 0.15) is 26.7 Å². The van der Waals surface area contributed by atoms with Crippen molar-refractivity contribution in [2.75, 3.05) is 18.4 Å². The van der Waals surface area contributed by atoms with Crippen LogP contribution in [0.2, 0.25) is 0 Å². The standard InChI is InChI=1S/C14H22N2O2S/c1-4-5-10-16-19(17,18)14-8-6-13(7-9-14)15-11-12(2)3/h6-9,15-16H,2,4-5,10-11H2,1,3H3. The summed E-state index contributed by atoms with van der Waals surface area (Å²) in [5, 5.41) is 3.16. The number of hydrogen-bond donors (Lipinski definition) is 2. The molecule has 2 N–H and O–H groups in total. The summed E-state index contributed by atoms with van der Waals surface area (Å²) in [6.45, 7) is 8.92. The highest BCUT2D eigenvalue weighted by Crippen LogP contribution is 2.14. The monoisotopic (exact) mass is 282 g/mol. The molecule has 0 heterocycles. The van der Waals surface area contributed by atoms with Crippen molar-refractivity contribution in [3.05, 3.63) is 36.4 Å². The molecule has 5 heteroatoms. The number of benzene rings is 1. The Hall–Kier alpha value is -1.33. The third-order valence-corrected chi connectivity index (χ3v) is 4.06. The average molecular weight is 282 g/mol. The first kappa shape index (κ1) is 15.7. The Morgan fingerprint density at radius 1 is 1.26 bits per heavy atom. The molecule has 0 unspecified atom stereocenters. The normalized spacial score (nSPS) is 11.3. The molecule has 0 spiro atoms. The Morgan fingerprint density at radius 2 is 1.89 bits per heavy atom. The van der Waals surface area contributed by atoms with Crippen molar-refractivity contribution in [1.29, 1.82) is 0 Å². The van der Waals surface area contributed by atoms with E-state index < -0.39 is 10.0 Å². The van der Waals surface area contributed by atoms with Crippen molar-refractivity contribution >= 4 is 15.7 Å². The summed E-state index contributed by atoms with van der Waals surface area (Å²) in [4.78, 5) is 0.296. The third kappa shape index (κ3) is 5.44. The SMILES string of the molecule is C=C(C)CNc1ccc(S(=O)(=O)NCCCC)cc1. The minimum absolute atomic E-state index is 0.296. The molecule has 0 aliphatic rings. The first-order chi connectivity index (χ1) is 8.95. The van der Waals surface area contributed by atoms with E-state index in [1.165, 1.54) is 0 Å². The van der Waals surface area contributed by atoms with Gasteiger partial charge in [-0.2, -0.15) is 0 Å². The molecule has 4 nitrogen and oxygen atoms in total. The Bertz CT molecular complexity index is 507. The van der Waals surface area contributed by atoms with E-state index in [0.717, 1.165) is 24.1 Å². The van der Waals surface area contributed by atoms with Crippen LogP contribution in [0, 0.1) is 0 Å². The second-order valence-electron chi connectivity index (χ2n) is 4.59. The van der Waals surface area contributed by atoms with Gasteiger partial charge in [-0.25, -0.2) is 13.1 Å². The van der Waals surface area contributed by atoms with Gasteiger partial charge in [0.05, 0.1) is 4.90 Å². The quantitative estimate of drug-likeness (QED) is 0.569. The molecular formula is C14H22N2O2S. The van der Waals surface area contributed by atoms with Gasteiger partial charge < -0.3 is 5.32 Å². The Kier molecular flexibility index (Phi) is 6.05. The molecule has 0 atom stereocenters. The van der Waals surface area contributed by atoms with Crippen LogP contribution in [0.4, 0.5) is 5.69 Å². The van der Waals surface area contributed by atoms with E-state index in [-0.39, 0.29) is 0 Å². The molecule has 0 aliphatic heterocycles. The maximum Gasteiger partial charge on any atom is 0.240 e. The fourth-order valence-corrected chi connectivity index (χ4v) is 2.55. The summed E-state index contributed by atoms with van der Waals surface area (Å²) in [5.41, 5.74) is 1.91. The van der Waals surface area contributed by atoms with Crippen molar-refractivity contribution in [1.82, 2.24) is 4.72 Å². The molecule has 1 rings (SSSR count). The fraction of sp³-hybridized carbons (Fsp3) is 0.429. The van der Waals surface area contributed by atoms with Crippen molar-refractivity contribution in [2.24, 2.45) is 0 Å². The molecule has 0 fully saturated rings. The molecule has 106 valence electrons. The van der Waals surface area contributed by atoms with Gasteiger partial charge in [-0.05, 0) is 37.6 Å². The van der Waals surface area contributed by atoms with Crippen LogP contribution < -0.4 is 10.0 Å². The number of hydrogen-bond acceptors (Lipinski definition) is 3. The largest absolute Gasteiger partial charge is 0.381 e. The molecule has 0 saturated heterocycles. The van der Waals surface area contributed by atoms with Gasteiger partial charge in [0.1, 0.15) is 0 Å². The highest BCUT2D eigenvalue weighted by molar-refractivity contribution is 7.89. The summed E-state index contributed by atoms with van der Waals surface area (Å²) < 4.78 is 26.5. The highest BCUT2D eigenvalue weighted by atomic mass is 32.2. The fourth-order valence-electron chi connectivity index (χ4n) is 1.47. The Morgan fingerprint density at radius 3 is 2.42 bits per heavy atom. The number of unbranched alkanes of at least 4 members (excludes halogenated alkanes) is 1. The molecule has 0 amide bonds. The number of nitrogens with one attached hydrogen (secondary N) is 2. The first-order valence-electron chi connectivity index (χ1n) is 6.43. The third-order valence-electron chi connectivity index (χ3n) is 2.58. The van der Waals surface area contributed by atoms with E-state index in [4.69, 9.17) is 0 Å². The molecule has 0 aliphatic carbocycles. The lowest BCUT2D eigenvalue weighted by molar-refractivity contribution is 0.578. The van der Waals surface area contributed by atoms with Gasteiger partial charge in [0.2, 0.25) is 10.0 Å². The number of sulfonamides is 1. The lowest BCUT2D eigenvalue weighted by atomic mass is 10.3. The van der Waals surface area contributed by atoms with Gasteiger partial charge in [0.25, 0.3) is 0 Å². The van der Waals surface area contributed by atoms with Gasteiger partial charge in [0, 0.05) is 18.8 Å². The minimum atomic E-state index is -3.38. The van der Waals surface area contributed by atoms with E-state index in [9.17, 15) is 8.42 Å². The topological polar surface area (TPSA) is 58.2 Å². The number of rotatable bonds is 8. The van der Waals surface area contributed by atoms with Crippen LogP contribution in [0.25, 0.3) is 0 Å². The Balaban J connectivity index is 2.66. The van der Waals surface area contributed by atoms with Crippen LogP contribution in [0.3, 0.4) is 0 Å². The van der Waals surface area contributed by atoms with Crippen LogP contribution in [-0.2, 0) is 10.0 Å². The molecular weight excluding hydrogens is 260 g/mol. The van der Waals surface area contributed by atoms with Crippen molar-refractivity contribution in [3.63, 3.8) is 0 Å². The van der Waals surface area contributed by atoms with Gasteiger partial charge in [-0.15, -0.1) is 0 Å². The van der Waals surface area contributed by atoms with E-state index >= 15 is 0 Å². The van der Waals surface area contributed by atoms with Crippen LogP contribution in [-0.4, -0.2) is 21.5 Å². The van der Waals surface area contributed by atoms with Gasteiger partial charge >= 0.3 is 0 Å².